The highest BCUT2D eigenvalue weighted by Gasteiger charge is 2.13. The number of halogens is 1. The van der Waals surface area contributed by atoms with Gasteiger partial charge in [0.2, 0.25) is 0 Å². The summed E-state index contributed by atoms with van der Waals surface area (Å²) in [5, 5.41) is 13.6. The molecule has 0 saturated carbocycles. The van der Waals surface area contributed by atoms with Crippen molar-refractivity contribution in [2.75, 3.05) is 32.0 Å². The average molecular weight is 241 g/mol. The molecule has 0 fully saturated rings. The summed E-state index contributed by atoms with van der Waals surface area (Å²) in [6, 6.07) is 3.40. The fourth-order valence-electron chi connectivity index (χ4n) is 1.35. The zero-order chi connectivity index (χ0) is 12.8. The van der Waals surface area contributed by atoms with E-state index in [1.54, 1.807) is 0 Å². The number of nitrogens with zero attached hydrogens (tertiary/aromatic N) is 2. The second-order valence-electron chi connectivity index (χ2n) is 3.74. The molecule has 0 heterocycles. The molecule has 0 bridgehead atoms. The minimum atomic E-state index is -0.523. The van der Waals surface area contributed by atoms with Crippen LogP contribution in [0.2, 0.25) is 0 Å². The molecule has 0 amide bonds. The maximum absolute atomic E-state index is 13.0. The van der Waals surface area contributed by atoms with Gasteiger partial charge in [0.1, 0.15) is 11.5 Å². The molecule has 6 heteroatoms. The maximum atomic E-state index is 13.0. The highest BCUT2D eigenvalue weighted by Crippen LogP contribution is 2.24. The predicted molar refractivity (Wildman–Crippen MR) is 64.7 cm³/mol. The molecule has 94 valence electrons. The minimum absolute atomic E-state index is 0.106. The molecule has 0 aliphatic heterocycles. The first kappa shape index (κ1) is 13.4. The van der Waals surface area contributed by atoms with Crippen LogP contribution in [-0.2, 0) is 0 Å². The number of rotatable bonds is 6. The van der Waals surface area contributed by atoms with Crippen molar-refractivity contribution >= 4 is 11.4 Å². The summed E-state index contributed by atoms with van der Waals surface area (Å²) >= 11 is 0. The van der Waals surface area contributed by atoms with Crippen LogP contribution in [0.1, 0.15) is 6.92 Å². The summed E-state index contributed by atoms with van der Waals surface area (Å²) < 4.78 is 13.0. The van der Waals surface area contributed by atoms with Gasteiger partial charge in [-0.15, -0.1) is 0 Å². The van der Waals surface area contributed by atoms with Crippen molar-refractivity contribution in [2.24, 2.45) is 0 Å². The predicted octanol–water partition coefficient (Wildman–Crippen LogP) is 2.10. The second-order valence-corrected chi connectivity index (χ2v) is 3.74. The van der Waals surface area contributed by atoms with Crippen LogP contribution in [0.5, 0.6) is 0 Å². The summed E-state index contributed by atoms with van der Waals surface area (Å²) in [7, 11) is 1.95. The molecule has 0 atom stereocenters. The van der Waals surface area contributed by atoms with Crippen LogP contribution in [0, 0.1) is 15.9 Å². The minimum Gasteiger partial charge on any atom is -0.378 e. The molecule has 0 spiro atoms. The molecule has 0 aliphatic rings. The second kappa shape index (κ2) is 6.15. The van der Waals surface area contributed by atoms with E-state index >= 15 is 0 Å². The van der Waals surface area contributed by atoms with Crippen molar-refractivity contribution in [3.8, 4) is 0 Å². The van der Waals surface area contributed by atoms with Crippen molar-refractivity contribution in [2.45, 2.75) is 6.92 Å². The summed E-state index contributed by atoms with van der Waals surface area (Å²) in [4.78, 5) is 12.3. The molecule has 17 heavy (non-hydrogen) atoms. The van der Waals surface area contributed by atoms with E-state index < -0.39 is 10.7 Å². The van der Waals surface area contributed by atoms with Crippen LogP contribution in [0.3, 0.4) is 0 Å². The largest absolute Gasteiger partial charge is 0.378 e. The third-order valence-corrected chi connectivity index (χ3v) is 2.50. The molecular weight excluding hydrogens is 225 g/mol. The lowest BCUT2D eigenvalue weighted by atomic mass is 10.2. The maximum Gasteiger partial charge on any atom is 0.292 e. The number of nitro groups is 1. The summed E-state index contributed by atoms with van der Waals surface area (Å²) in [6.07, 6.45) is 0. The molecule has 0 radical (unpaired) electrons. The van der Waals surface area contributed by atoms with Gasteiger partial charge >= 0.3 is 0 Å². The molecule has 5 nitrogen and oxygen atoms in total. The molecule has 0 saturated heterocycles. The zero-order valence-electron chi connectivity index (χ0n) is 9.94. The number of hydrogen-bond acceptors (Lipinski definition) is 4. The van der Waals surface area contributed by atoms with Crippen LogP contribution in [-0.4, -0.2) is 36.5 Å². The number of nitrogens with one attached hydrogen (secondary N) is 1. The number of anilines is 1. The lowest BCUT2D eigenvalue weighted by Gasteiger charge is -2.14. The molecule has 1 aromatic rings. The van der Waals surface area contributed by atoms with E-state index in [2.05, 4.69) is 10.2 Å². The highest BCUT2D eigenvalue weighted by molar-refractivity contribution is 5.61. The SMILES string of the molecule is CCN(C)CCNc1cc(F)ccc1[N+](=O)[O-]. The Morgan fingerprint density at radius 1 is 1.53 bits per heavy atom. The topological polar surface area (TPSA) is 58.4 Å². The fraction of sp³-hybridized carbons (Fsp3) is 0.455. The summed E-state index contributed by atoms with van der Waals surface area (Å²) in [5.41, 5.74) is 0.116. The first-order chi connectivity index (χ1) is 8.04. The molecule has 0 aliphatic carbocycles. The third-order valence-electron chi connectivity index (χ3n) is 2.50. The first-order valence-electron chi connectivity index (χ1n) is 5.41. The lowest BCUT2D eigenvalue weighted by Crippen LogP contribution is -2.24. The Morgan fingerprint density at radius 2 is 2.24 bits per heavy atom. The summed E-state index contributed by atoms with van der Waals surface area (Å²) in [6.45, 7) is 4.19. The van der Waals surface area contributed by atoms with Gasteiger partial charge in [-0.2, -0.15) is 0 Å². The van der Waals surface area contributed by atoms with Gasteiger partial charge in [-0.1, -0.05) is 6.92 Å². The van der Waals surface area contributed by atoms with Gasteiger partial charge in [-0.05, 0) is 19.7 Å². The van der Waals surface area contributed by atoms with Crippen molar-refractivity contribution in [1.82, 2.24) is 4.90 Å². The van der Waals surface area contributed by atoms with Gasteiger partial charge < -0.3 is 10.2 Å². The highest BCUT2D eigenvalue weighted by atomic mass is 19.1. The Bertz CT molecular complexity index is 398. The van der Waals surface area contributed by atoms with Crippen LogP contribution >= 0.6 is 0 Å². The quantitative estimate of drug-likeness (QED) is 0.612. The van der Waals surface area contributed by atoms with Gasteiger partial charge in [0.05, 0.1) is 4.92 Å². The molecule has 1 aromatic carbocycles. The Balaban J connectivity index is 2.68. The lowest BCUT2D eigenvalue weighted by molar-refractivity contribution is -0.384. The number of hydrogen-bond donors (Lipinski definition) is 1. The number of benzene rings is 1. The summed E-state index contributed by atoms with van der Waals surface area (Å²) in [5.74, 6) is -0.484. The Hall–Kier alpha value is -1.69. The third kappa shape index (κ3) is 3.99. The van der Waals surface area contributed by atoms with E-state index in [1.165, 1.54) is 6.07 Å². The Kier molecular flexibility index (Phi) is 4.84. The standard InChI is InChI=1S/C11H16FN3O2/c1-3-14(2)7-6-13-10-8-9(12)4-5-11(10)15(16)17/h4-5,8,13H,3,6-7H2,1-2H3. The Labute approximate surface area is 99.4 Å². The van der Waals surface area contributed by atoms with E-state index in [4.69, 9.17) is 0 Å². The van der Waals surface area contributed by atoms with E-state index in [0.717, 1.165) is 25.2 Å². The molecule has 1 rings (SSSR count). The van der Waals surface area contributed by atoms with Gasteiger partial charge in [-0.3, -0.25) is 10.1 Å². The van der Waals surface area contributed by atoms with Crippen LogP contribution in [0.4, 0.5) is 15.8 Å². The van der Waals surface area contributed by atoms with E-state index in [-0.39, 0.29) is 11.4 Å². The van der Waals surface area contributed by atoms with Crippen molar-refractivity contribution in [1.29, 1.82) is 0 Å². The average Bonchev–Trinajstić information content (AvgIpc) is 2.28. The molecule has 0 aromatic heterocycles. The van der Waals surface area contributed by atoms with Crippen LogP contribution < -0.4 is 5.32 Å². The van der Waals surface area contributed by atoms with Gasteiger partial charge in [-0.25, -0.2) is 4.39 Å². The molecule has 1 N–H and O–H groups in total. The van der Waals surface area contributed by atoms with Crippen molar-refractivity contribution in [3.05, 3.63) is 34.1 Å². The monoisotopic (exact) mass is 241 g/mol. The van der Waals surface area contributed by atoms with Gasteiger partial charge in [0.25, 0.3) is 5.69 Å². The molecular formula is C11H16FN3O2. The fourth-order valence-corrected chi connectivity index (χ4v) is 1.35. The molecule has 0 unspecified atom stereocenters. The van der Waals surface area contributed by atoms with Gasteiger partial charge in [0.15, 0.2) is 0 Å². The van der Waals surface area contributed by atoms with E-state index in [1.807, 2.05) is 14.0 Å². The van der Waals surface area contributed by atoms with Crippen molar-refractivity contribution in [3.63, 3.8) is 0 Å². The zero-order valence-corrected chi connectivity index (χ0v) is 9.94. The van der Waals surface area contributed by atoms with Gasteiger partial charge in [0, 0.05) is 25.2 Å². The van der Waals surface area contributed by atoms with Crippen LogP contribution in [0.15, 0.2) is 18.2 Å². The number of nitro benzene ring substituents is 1. The van der Waals surface area contributed by atoms with E-state index in [0.29, 0.717) is 6.54 Å². The smallest absolute Gasteiger partial charge is 0.292 e. The van der Waals surface area contributed by atoms with Crippen LogP contribution in [0.25, 0.3) is 0 Å². The normalized spacial score (nSPS) is 10.6. The Morgan fingerprint density at radius 3 is 2.82 bits per heavy atom. The number of likely N-dealkylation sites (N-methyl/N-ethyl adjacent to an activating group) is 1. The first-order valence-corrected chi connectivity index (χ1v) is 5.41. The van der Waals surface area contributed by atoms with Crippen molar-refractivity contribution < 1.29 is 9.31 Å². The van der Waals surface area contributed by atoms with E-state index in [9.17, 15) is 14.5 Å².